The summed E-state index contributed by atoms with van der Waals surface area (Å²) in [6.07, 6.45) is 3.97. The van der Waals surface area contributed by atoms with Crippen LogP contribution >= 0.6 is 0 Å². The van der Waals surface area contributed by atoms with E-state index in [0.29, 0.717) is 18.8 Å². The Hall–Kier alpha value is -2.57. The van der Waals surface area contributed by atoms with Crippen LogP contribution in [0.4, 0.5) is 11.6 Å². The number of hydrogen-bond donors (Lipinski definition) is 0. The van der Waals surface area contributed by atoms with E-state index in [0.717, 1.165) is 49.6 Å². The Morgan fingerprint density at radius 2 is 1.67 bits per heavy atom. The van der Waals surface area contributed by atoms with E-state index in [-0.39, 0.29) is 5.91 Å². The summed E-state index contributed by atoms with van der Waals surface area (Å²) < 4.78 is 5.24. The van der Waals surface area contributed by atoms with Crippen LogP contribution < -0.4 is 9.80 Å². The molecule has 7 heteroatoms. The molecule has 0 saturated carbocycles. The van der Waals surface area contributed by atoms with Gasteiger partial charge in [0.05, 0.1) is 6.26 Å². The molecule has 0 radical (unpaired) electrons. The number of furan rings is 1. The quantitative estimate of drug-likeness (QED) is 0.828. The van der Waals surface area contributed by atoms with Crippen molar-refractivity contribution in [1.82, 2.24) is 14.9 Å². The molecule has 1 amide bonds. The molecule has 0 N–H and O–H groups in total. The summed E-state index contributed by atoms with van der Waals surface area (Å²) in [6, 6.07) is 5.57. The van der Waals surface area contributed by atoms with Crippen molar-refractivity contribution in [2.45, 2.75) is 26.7 Å². The minimum absolute atomic E-state index is 0.0401. The van der Waals surface area contributed by atoms with Crippen molar-refractivity contribution >= 4 is 17.5 Å². The third-order valence-corrected chi connectivity index (χ3v) is 5.54. The minimum Gasteiger partial charge on any atom is -0.459 e. The maximum atomic E-state index is 12.4. The van der Waals surface area contributed by atoms with Crippen LogP contribution in [0.5, 0.6) is 0 Å². The van der Waals surface area contributed by atoms with Crippen molar-refractivity contribution < 1.29 is 9.21 Å². The predicted octanol–water partition coefficient (Wildman–Crippen LogP) is 2.58. The zero-order valence-electron chi connectivity index (χ0n) is 16.1. The van der Waals surface area contributed by atoms with E-state index in [2.05, 4.69) is 32.8 Å². The summed E-state index contributed by atoms with van der Waals surface area (Å²) in [6.45, 7) is 9.25. The molecule has 4 heterocycles. The number of anilines is 2. The van der Waals surface area contributed by atoms with Crippen molar-refractivity contribution in [2.75, 3.05) is 49.1 Å². The second-order valence-corrected chi connectivity index (χ2v) is 7.56. The number of hydrogen-bond acceptors (Lipinski definition) is 6. The van der Waals surface area contributed by atoms with Gasteiger partial charge in [-0.15, -0.1) is 0 Å². The summed E-state index contributed by atoms with van der Waals surface area (Å²) in [5, 5.41) is 0. The zero-order chi connectivity index (χ0) is 18.8. The Morgan fingerprint density at radius 3 is 2.26 bits per heavy atom. The number of piperidine rings is 1. The van der Waals surface area contributed by atoms with Gasteiger partial charge in [-0.25, -0.2) is 9.97 Å². The van der Waals surface area contributed by atoms with Crippen LogP contribution in [0, 0.1) is 12.8 Å². The maximum absolute atomic E-state index is 12.4. The molecule has 2 aliphatic heterocycles. The Morgan fingerprint density at radius 1 is 1.04 bits per heavy atom. The maximum Gasteiger partial charge on any atom is 0.289 e. The smallest absolute Gasteiger partial charge is 0.289 e. The average Bonchev–Trinajstić information content (AvgIpc) is 3.22. The first-order valence-corrected chi connectivity index (χ1v) is 9.78. The number of nitrogens with zero attached hydrogens (tertiary/aromatic N) is 5. The lowest BCUT2D eigenvalue weighted by Gasteiger charge is -2.36. The van der Waals surface area contributed by atoms with Crippen molar-refractivity contribution in [3.05, 3.63) is 36.0 Å². The molecule has 0 bridgehead atoms. The van der Waals surface area contributed by atoms with E-state index in [1.165, 1.54) is 19.1 Å². The van der Waals surface area contributed by atoms with Crippen LogP contribution in [0.25, 0.3) is 0 Å². The first kappa shape index (κ1) is 17.8. The molecule has 0 aromatic carbocycles. The first-order valence-electron chi connectivity index (χ1n) is 9.78. The molecular weight excluding hydrogens is 342 g/mol. The largest absolute Gasteiger partial charge is 0.459 e. The average molecular weight is 369 g/mol. The standard InChI is InChI=1S/C20H27N5O2/c1-15-5-7-23(8-6-15)18-14-19(22-16(2)21-18)24-9-11-25(12-10-24)20(26)17-4-3-13-27-17/h3-4,13-15H,5-12H2,1-2H3. The van der Waals surface area contributed by atoms with E-state index < -0.39 is 0 Å². The number of carbonyl (C=O) groups is 1. The third kappa shape index (κ3) is 3.91. The van der Waals surface area contributed by atoms with E-state index >= 15 is 0 Å². The molecule has 0 aliphatic carbocycles. The van der Waals surface area contributed by atoms with E-state index in [1.54, 1.807) is 12.1 Å². The topological polar surface area (TPSA) is 65.7 Å². The summed E-state index contributed by atoms with van der Waals surface area (Å²) >= 11 is 0. The van der Waals surface area contributed by atoms with Crippen LogP contribution in [-0.2, 0) is 0 Å². The highest BCUT2D eigenvalue weighted by molar-refractivity contribution is 5.91. The normalized spacial score (nSPS) is 18.8. The van der Waals surface area contributed by atoms with Gasteiger partial charge < -0.3 is 19.1 Å². The summed E-state index contributed by atoms with van der Waals surface area (Å²) in [5.41, 5.74) is 0. The van der Waals surface area contributed by atoms with Gasteiger partial charge >= 0.3 is 0 Å². The molecule has 7 nitrogen and oxygen atoms in total. The number of aromatic nitrogens is 2. The molecule has 2 aromatic rings. The van der Waals surface area contributed by atoms with Gasteiger partial charge in [-0.1, -0.05) is 6.92 Å². The van der Waals surface area contributed by atoms with E-state index in [4.69, 9.17) is 4.42 Å². The molecular formula is C20H27N5O2. The van der Waals surface area contributed by atoms with Crippen LogP contribution in [-0.4, -0.2) is 60.0 Å². The fraction of sp³-hybridized carbons (Fsp3) is 0.550. The van der Waals surface area contributed by atoms with E-state index in [1.807, 2.05) is 11.8 Å². The highest BCUT2D eigenvalue weighted by Crippen LogP contribution is 2.25. The van der Waals surface area contributed by atoms with Crippen LogP contribution in [0.15, 0.2) is 28.9 Å². The highest BCUT2D eigenvalue weighted by Gasteiger charge is 2.25. The van der Waals surface area contributed by atoms with Crippen molar-refractivity contribution in [3.63, 3.8) is 0 Å². The highest BCUT2D eigenvalue weighted by atomic mass is 16.3. The van der Waals surface area contributed by atoms with Crippen molar-refractivity contribution in [2.24, 2.45) is 5.92 Å². The Kier molecular flexibility index (Phi) is 5.01. The number of rotatable bonds is 3. The van der Waals surface area contributed by atoms with Gasteiger partial charge in [0, 0.05) is 45.3 Å². The second kappa shape index (κ2) is 7.58. The Balaban J connectivity index is 1.43. The van der Waals surface area contributed by atoms with Gasteiger partial charge in [-0.3, -0.25) is 4.79 Å². The number of piperazine rings is 1. The first-order chi connectivity index (χ1) is 13.1. The van der Waals surface area contributed by atoms with Crippen LogP contribution in [0.3, 0.4) is 0 Å². The summed E-state index contributed by atoms with van der Waals surface area (Å²) in [7, 11) is 0. The van der Waals surface area contributed by atoms with Crippen molar-refractivity contribution in [1.29, 1.82) is 0 Å². The summed E-state index contributed by atoms with van der Waals surface area (Å²) in [4.78, 5) is 28.2. The van der Waals surface area contributed by atoms with Gasteiger partial charge in [0.25, 0.3) is 5.91 Å². The number of aryl methyl sites for hydroxylation is 1. The molecule has 2 fully saturated rings. The summed E-state index contributed by atoms with van der Waals surface area (Å²) in [5.74, 6) is 3.95. The molecule has 2 saturated heterocycles. The SMILES string of the molecule is Cc1nc(N2CCC(C)CC2)cc(N2CCN(C(=O)c3ccco3)CC2)n1. The predicted molar refractivity (Wildman–Crippen MR) is 104 cm³/mol. The number of amides is 1. The van der Waals surface area contributed by atoms with Gasteiger partial charge in [0.15, 0.2) is 5.76 Å². The molecule has 2 aliphatic rings. The monoisotopic (exact) mass is 369 g/mol. The number of carbonyl (C=O) groups excluding carboxylic acids is 1. The zero-order valence-corrected chi connectivity index (χ0v) is 16.1. The van der Waals surface area contributed by atoms with Crippen molar-refractivity contribution in [3.8, 4) is 0 Å². The minimum atomic E-state index is -0.0401. The lowest BCUT2D eigenvalue weighted by molar-refractivity contribution is 0.0714. The fourth-order valence-corrected chi connectivity index (χ4v) is 3.79. The molecule has 0 unspecified atom stereocenters. The Labute approximate surface area is 160 Å². The van der Waals surface area contributed by atoms with Crippen LogP contribution in [0.2, 0.25) is 0 Å². The Bertz CT molecular complexity index is 776. The third-order valence-electron chi connectivity index (χ3n) is 5.54. The van der Waals surface area contributed by atoms with E-state index in [9.17, 15) is 4.79 Å². The molecule has 0 spiro atoms. The second-order valence-electron chi connectivity index (χ2n) is 7.56. The van der Waals surface area contributed by atoms with Gasteiger partial charge in [0.2, 0.25) is 0 Å². The molecule has 2 aromatic heterocycles. The van der Waals surface area contributed by atoms with Gasteiger partial charge in [-0.05, 0) is 37.8 Å². The molecule has 0 atom stereocenters. The van der Waals surface area contributed by atoms with Crippen LogP contribution in [0.1, 0.15) is 36.1 Å². The lowest BCUT2D eigenvalue weighted by atomic mass is 9.99. The van der Waals surface area contributed by atoms with Gasteiger partial charge in [0.1, 0.15) is 17.5 Å². The lowest BCUT2D eigenvalue weighted by Crippen LogP contribution is -2.49. The molecule has 4 rings (SSSR count). The fourth-order valence-electron chi connectivity index (χ4n) is 3.79. The van der Waals surface area contributed by atoms with Gasteiger partial charge in [-0.2, -0.15) is 0 Å². The molecule has 144 valence electrons. The molecule has 27 heavy (non-hydrogen) atoms.